The fraction of sp³-hybridized carbons (Fsp3) is 0.333. The summed E-state index contributed by atoms with van der Waals surface area (Å²) in [6.45, 7) is 3.56. The third-order valence-electron chi connectivity index (χ3n) is 3.98. The fourth-order valence-corrected chi connectivity index (χ4v) is 2.75. The van der Waals surface area contributed by atoms with Crippen LogP contribution in [0.4, 0.5) is 5.82 Å². The van der Waals surface area contributed by atoms with Gasteiger partial charge in [0.2, 0.25) is 0 Å². The number of carbonyl (C=O) groups excluding carboxylic acids is 1. The molecule has 5 heteroatoms. The zero-order valence-electron chi connectivity index (χ0n) is 13.2. The summed E-state index contributed by atoms with van der Waals surface area (Å²) in [5.41, 5.74) is 3.07. The third kappa shape index (κ3) is 3.68. The first kappa shape index (κ1) is 15.5. The van der Waals surface area contributed by atoms with Crippen LogP contribution in [-0.2, 0) is 13.0 Å². The number of carbonyl (C=O) groups is 1. The lowest BCUT2D eigenvalue weighted by atomic mass is 10.00. The molecule has 1 amide bonds. The van der Waals surface area contributed by atoms with Gasteiger partial charge in [0.25, 0.3) is 5.91 Å². The van der Waals surface area contributed by atoms with Crippen molar-refractivity contribution in [2.75, 3.05) is 18.0 Å². The summed E-state index contributed by atoms with van der Waals surface area (Å²) in [5, 5.41) is 11.9. The van der Waals surface area contributed by atoms with Crippen LogP contribution in [0.1, 0.15) is 28.5 Å². The topological polar surface area (TPSA) is 65.5 Å². The minimum absolute atomic E-state index is 0.224. The number of hydrogen-bond donors (Lipinski definition) is 2. The van der Waals surface area contributed by atoms with E-state index in [0.29, 0.717) is 5.69 Å². The Morgan fingerprint density at radius 3 is 2.83 bits per heavy atom. The van der Waals surface area contributed by atoms with Crippen molar-refractivity contribution in [3.8, 4) is 0 Å². The highest BCUT2D eigenvalue weighted by Gasteiger charge is 2.18. The first-order chi connectivity index (χ1) is 11.1. The van der Waals surface area contributed by atoms with Crippen LogP contribution in [-0.4, -0.2) is 35.2 Å². The number of pyridine rings is 1. The number of rotatable bonds is 4. The normalized spacial score (nSPS) is 15.0. The summed E-state index contributed by atoms with van der Waals surface area (Å²) in [4.78, 5) is 18.7. The largest absolute Gasteiger partial charge is 0.392 e. The predicted molar refractivity (Wildman–Crippen MR) is 89.4 cm³/mol. The number of amides is 1. The molecule has 1 aromatic carbocycles. The molecule has 3 rings (SSSR count). The van der Waals surface area contributed by atoms with Crippen molar-refractivity contribution in [3.63, 3.8) is 0 Å². The average Bonchev–Trinajstić information content (AvgIpc) is 2.59. The van der Waals surface area contributed by atoms with Gasteiger partial charge in [0.05, 0.1) is 6.10 Å². The minimum Gasteiger partial charge on any atom is -0.392 e. The SMILES string of the molecule is CC(O)CNC(=O)c1cccc(N2CCc3ccccc3C2)n1. The van der Waals surface area contributed by atoms with E-state index in [1.165, 1.54) is 11.1 Å². The maximum absolute atomic E-state index is 12.1. The second-order valence-corrected chi connectivity index (χ2v) is 5.88. The molecule has 5 nitrogen and oxygen atoms in total. The summed E-state index contributed by atoms with van der Waals surface area (Å²) in [7, 11) is 0. The second kappa shape index (κ2) is 6.79. The lowest BCUT2D eigenvalue weighted by molar-refractivity contribution is 0.0919. The van der Waals surface area contributed by atoms with Crippen molar-refractivity contribution in [3.05, 3.63) is 59.3 Å². The molecule has 23 heavy (non-hydrogen) atoms. The highest BCUT2D eigenvalue weighted by molar-refractivity contribution is 5.92. The quantitative estimate of drug-likeness (QED) is 0.903. The fourth-order valence-electron chi connectivity index (χ4n) is 2.75. The van der Waals surface area contributed by atoms with Gasteiger partial charge in [-0.1, -0.05) is 30.3 Å². The molecule has 2 aromatic rings. The first-order valence-electron chi connectivity index (χ1n) is 7.88. The summed E-state index contributed by atoms with van der Waals surface area (Å²) >= 11 is 0. The summed E-state index contributed by atoms with van der Waals surface area (Å²) in [6.07, 6.45) is 0.414. The molecule has 2 heterocycles. The number of hydrogen-bond acceptors (Lipinski definition) is 4. The standard InChI is InChI=1S/C18H21N3O2/c1-13(22)11-19-18(23)16-7-4-8-17(20-16)21-10-9-14-5-2-3-6-15(14)12-21/h2-8,13,22H,9-12H2,1H3,(H,19,23). The first-order valence-corrected chi connectivity index (χ1v) is 7.88. The summed E-state index contributed by atoms with van der Waals surface area (Å²) < 4.78 is 0. The maximum atomic E-state index is 12.1. The van der Waals surface area contributed by atoms with Gasteiger partial charge in [0.15, 0.2) is 0 Å². The maximum Gasteiger partial charge on any atom is 0.270 e. The van der Waals surface area contributed by atoms with Gasteiger partial charge in [-0.15, -0.1) is 0 Å². The van der Waals surface area contributed by atoms with E-state index in [1.807, 2.05) is 12.1 Å². The van der Waals surface area contributed by atoms with E-state index in [9.17, 15) is 9.90 Å². The van der Waals surface area contributed by atoms with Gasteiger partial charge in [-0.05, 0) is 36.6 Å². The van der Waals surface area contributed by atoms with E-state index in [4.69, 9.17) is 0 Å². The van der Waals surface area contributed by atoms with Gasteiger partial charge in [-0.3, -0.25) is 4.79 Å². The Labute approximate surface area is 136 Å². The van der Waals surface area contributed by atoms with E-state index >= 15 is 0 Å². The molecule has 0 radical (unpaired) electrons. The summed E-state index contributed by atoms with van der Waals surface area (Å²) in [5.74, 6) is 0.550. The number of nitrogens with zero attached hydrogens (tertiary/aromatic N) is 2. The van der Waals surface area contributed by atoms with Crippen molar-refractivity contribution >= 4 is 11.7 Å². The summed E-state index contributed by atoms with van der Waals surface area (Å²) in [6, 6.07) is 13.9. The molecule has 0 saturated carbocycles. The van der Waals surface area contributed by atoms with Crippen LogP contribution in [0.15, 0.2) is 42.5 Å². The molecule has 0 spiro atoms. The molecule has 0 fully saturated rings. The van der Waals surface area contributed by atoms with Gasteiger partial charge >= 0.3 is 0 Å². The van der Waals surface area contributed by atoms with Crippen LogP contribution in [0.25, 0.3) is 0 Å². The number of aromatic nitrogens is 1. The van der Waals surface area contributed by atoms with Gasteiger partial charge in [-0.25, -0.2) is 4.98 Å². The van der Waals surface area contributed by atoms with E-state index in [0.717, 1.165) is 25.3 Å². The number of nitrogens with one attached hydrogen (secondary N) is 1. The number of aliphatic hydroxyl groups excluding tert-OH is 1. The molecule has 1 atom stereocenters. The molecule has 1 aliphatic heterocycles. The zero-order chi connectivity index (χ0) is 16.2. The van der Waals surface area contributed by atoms with E-state index in [2.05, 4.69) is 39.5 Å². The Bertz CT molecular complexity index is 700. The van der Waals surface area contributed by atoms with Crippen LogP contribution < -0.4 is 10.2 Å². The van der Waals surface area contributed by atoms with Gasteiger partial charge < -0.3 is 15.3 Å². The number of benzene rings is 1. The van der Waals surface area contributed by atoms with Crippen molar-refractivity contribution in [1.29, 1.82) is 0 Å². The molecule has 120 valence electrons. The van der Waals surface area contributed by atoms with E-state index < -0.39 is 6.10 Å². The Hall–Kier alpha value is -2.40. The zero-order valence-corrected chi connectivity index (χ0v) is 13.2. The van der Waals surface area contributed by atoms with E-state index in [1.54, 1.807) is 13.0 Å². The second-order valence-electron chi connectivity index (χ2n) is 5.88. The highest BCUT2D eigenvalue weighted by Crippen LogP contribution is 2.23. The third-order valence-corrected chi connectivity index (χ3v) is 3.98. The lowest BCUT2D eigenvalue weighted by Gasteiger charge is -2.30. The van der Waals surface area contributed by atoms with Crippen molar-refractivity contribution in [2.45, 2.75) is 26.0 Å². The molecule has 1 unspecified atom stereocenters. The molecule has 0 aliphatic carbocycles. The monoisotopic (exact) mass is 311 g/mol. The Balaban J connectivity index is 1.74. The predicted octanol–water partition coefficient (Wildman–Crippen LogP) is 1.75. The van der Waals surface area contributed by atoms with Gasteiger partial charge in [0.1, 0.15) is 11.5 Å². The molecule has 2 N–H and O–H groups in total. The molecule has 0 saturated heterocycles. The number of anilines is 1. The smallest absolute Gasteiger partial charge is 0.270 e. The number of aliphatic hydroxyl groups is 1. The highest BCUT2D eigenvalue weighted by atomic mass is 16.3. The van der Waals surface area contributed by atoms with Crippen LogP contribution in [0.3, 0.4) is 0 Å². The van der Waals surface area contributed by atoms with Gasteiger partial charge in [0, 0.05) is 19.6 Å². The van der Waals surface area contributed by atoms with Gasteiger partial charge in [-0.2, -0.15) is 0 Å². The van der Waals surface area contributed by atoms with Crippen molar-refractivity contribution < 1.29 is 9.90 Å². The Morgan fingerprint density at radius 1 is 1.26 bits per heavy atom. The Kier molecular flexibility index (Phi) is 4.57. The van der Waals surface area contributed by atoms with Crippen LogP contribution in [0, 0.1) is 0 Å². The molecule has 1 aromatic heterocycles. The lowest BCUT2D eigenvalue weighted by Crippen LogP contribution is -2.33. The molecule has 1 aliphatic rings. The molecular formula is C18H21N3O2. The average molecular weight is 311 g/mol. The van der Waals surface area contributed by atoms with Crippen LogP contribution >= 0.6 is 0 Å². The van der Waals surface area contributed by atoms with Crippen molar-refractivity contribution in [2.24, 2.45) is 0 Å². The van der Waals surface area contributed by atoms with Crippen LogP contribution in [0.2, 0.25) is 0 Å². The van der Waals surface area contributed by atoms with E-state index in [-0.39, 0.29) is 12.5 Å². The Morgan fingerprint density at radius 2 is 2.04 bits per heavy atom. The van der Waals surface area contributed by atoms with Crippen molar-refractivity contribution in [1.82, 2.24) is 10.3 Å². The molecular weight excluding hydrogens is 290 g/mol. The van der Waals surface area contributed by atoms with Crippen LogP contribution in [0.5, 0.6) is 0 Å². The minimum atomic E-state index is -0.569. The number of fused-ring (bicyclic) bond motifs is 1. The molecule has 0 bridgehead atoms.